The van der Waals surface area contributed by atoms with Gasteiger partial charge in [-0.05, 0) is 29.5 Å². The van der Waals surface area contributed by atoms with Gasteiger partial charge in [0.1, 0.15) is 12.4 Å². The van der Waals surface area contributed by atoms with Gasteiger partial charge in [-0.25, -0.2) is 4.68 Å². The highest BCUT2D eigenvalue weighted by atomic mass is 16.6. The molecule has 8 nitrogen and oxygen atoms in total. The predicted molar refractivity (Wildman–Crippen MR) is 89.9 cm³/mol. The molecule has 0 amide bonds. The number of hydrogen-bond donors (Lipinski definition) is 1. The molecule has 1 unspecified atom stereocenters. The van der Waals surface area contributed by atoms with Gasteiger partial charge >= 0.3 is 0 Å². The van der Waals surface area contributed by atoms with Crippen LogP contribution >= 0.6 is 0 Å². The molecule has 0 spiro atoms. The number of aromatic nitrogens is 3. The van der Waals surface area contributed by atoms with Crippen molar-refractivity contribution in [3.63, 3.8) is 0 Å². The molecule has 2 heterocycles. The molecule has 1 N–H and O–H groups in total. The van der Waals surface area contributed by atoms with E-state index in [0.717, 1.165) is 17.7 Å². The zero-order chi connectivity index (χ0) is 17.8. The van der Waals surface area contributed by atoms with E-state index in [-0.39, 0.29) is 16.9 Å². The van der Waals surface area contributed by atoms with Crippen LogP contribution in [0.1, 0.15) is 38.3 Å². The van der Waals surface area contributed by atoms with Gasteiger partial charge in [-0.1, -0.05) is 13.8 Å². The first-order valence-electron chi connectivity index (χ1n) is 8.03. The Kier molecular flexibility index (Phi) is 3.24. The number of nitro benzene ring substituents is 1. The number of Topliss-reactive ketones (excluding diaryl/α,β-unsaturated/α-hetero) is 1. The zero-order valence-corrected chi connectivity index (χ0v) is 13.9. The summed E-state index contributed by atoms with van der Waals surface area (Å²) in [5.74, 6) is 0.649. The summed E-state index contributed by atoms with van der Waals surface area (Å²) in [6.45, 7) is 4.13. The molecule has 1 aromatic heterocycles. The van der Waals surface area contributed by atoms with Crippen LogP contribution in [0.3, 0.4) is 0 Å². The van der Waals surface area contributed by atoms with Gasteiger partial charge in [0.2, 0.25) is 5.95 Å². The van der Waals surface area contributed by atoms with Crippen molar-refractivity contribution in [1.29, 1.82) is 0 Å². The number of rotatable bonds is 2. The molecule has 8 heteroatoms. The van der Waals surface area contributed by atoms with Crippen LogP contribution in [0.15, 0.2) is 41.9 Å². The van der Waals surface area contributed by atoms with E-state index in [2.05, 4.69) is 29.2 Å². The number of ketones is 1. The number of fused-ring (bicyclic) bond motifs is 1. The Hall–Kier alpha value is -3.03. The van der Waals surface area contributed by atoms with E-state index in [1.54, 1.807) is 16.8 Å². The van der Waals surface area contributed by atoms with Crippen molar-refractivity contribution in [2.75, 3.05) is 5.32 Å². The van der Waals surface area contributed by atoms with E-state index >= 15 is 0 Å². The first kappa shape index (κ1) is 15.5. The summed E-state index contributed by atoms with van der Waals surface area (Å²) in [5.41, 5.74) is 2.21. The summed E-state index contributed by atoms with van der Waals surface area (Å²) in [5, 5.41) is 18.4. The highest BCUT2D eigenvalue weighted by Crippen LogP contribution is 2.45. The van der Waals surface area contributed by atoms with Crippen molar-refractivity contribution < 1.29 is 9.72 Å². The highest BCUT2D eigenvalue weighted by Gasteiger charge is 2.41. The minimum Gasteiger partial charge on any atom is -0.328 e. The Morgan fingerprint density at radius 3 is 2.68 bits per heavy atom. The molecule has 1 aliphatic carbocycles. The average Bonchev–Trinajstić information content (AvgIpc) is 2.99. The van der Waals surface area contributed by atoms with Crippen LogP contribution in [0.2, 0.25) is 0 Å². The first-order valence-corrected chi connectivity index (χ1v) is 8.03. The van der Waals surface area contributed by atoms with Crippen molar-refractivity contribution in [3.8, 4) is 0 Å². The lowest BCUT2D eigenvalue weighted by molar-refractivity contribution is -0.384. The zero-order valence-electron chi connectivity index (χ0n) is 13.9. The monoisotopic (exact) mass is 339 g/mol. The maximum absolute atomic E-state index is 12.9. The van der Waals surface area contributed by atoms with E-state index in [1.165, 1.54) is 18.5 Å². The molecule has 1 atom stereocenters. The number of carbonyl (C=O) groups excluding carboxylic acids is 1. The van der Waals surface area contributed by atoms with Crippen LogP contribution in [0, 0.1) is 15.5 Å². The summed E-state index contributed by atoms with van der Waals surface area (Å²) in [6, 6.07) is 5.84. The highest BCUT2D eigenvalue weighted by molar-refractivity contribution is 6.00. The van der Waals surface area contributed by atoms with Crippen LogP contribution in [-0.4, -0.2) is 25.5 Å². The molecule has 2 aromatic rings. The average molecular weight is 339 g/mol. The minimum atomic E-state index is -0.438. The predicted octanol–water partition coefficient (Wildman–Crippen LogP) is 2.84. The molecule has 0 bridgehead atoms. The second-order valence-electron chi connectivity index (χ2n) is 7.24. The molecule has 0 saturated heterocycles. The van der Waals surface area contributed by atoms with Crippen molar-refractivity contribution in [2.24, 2.45) is 5.41 Å². The fourth-order valence-electron chi connectivity index (χ4n) is 3.64. The van der Waals surface area contributed by atoms with Gasteiger partial charge in [0.15, 0.2) is 5.78 Å². The largest absolute Gasteiger partial charge is 0.328 e. The summed E-state index contributed by atoms with van der Waals surface area (Å²) in [6.07, 6.45) is 2.64. The topological polar surface area (TPSA) is 103 Å². The molecular formula is C17H17N5O3. The minimum absolute atomic E-state index is 0.0156. The third kappa shape index (κ3) is 2.50. The van der Waals surface area contributed by atoms with E-state index in [1.807, 2.05) is 0 Å². The second kappa shape index (κ2) is 5.23. The number of benzene rings is 1. The van der Waals surface area contributed by atoms with Crippen LogP contribution in [-0.2, 0) is 4.79 Å². The van der Waals surface area contributed by atoms with Gasteiger partial charge in [-0.2, -0.15) is 10.1 Å². The second-order valence-corrected chi connectivity index (χ2v) is 7.24. The Morgan fingerprint density at radius 2 is 2.00 bits per heavy atom. The molecular weight excluding hydrogens is 322 g/mol. The summed E-state index contributed by atoms with van der Waals surface area (Å²) in [7, 11) is 0. The molecule has 4 rings (SSSR count). The number of nitro groups is 1. The summed E-state index contributed by atoms with van der Waals surface area (Å²) in [4.78, 5) is 27.6. The van der Waals surface area contributed by atoms with E-state index in [0.29, 0.717) is 17.9 Å². The number of nitrogens with one attached hydrogen (secondary N) is 1. The van der Waals surface area contributed by atoms with Gasteiger partial charge in [0.05, 0.1) is 4.92 Å². The van der Waals surface area contributed by atoms with Gasteiger partial charge in [0.25, 0.3) is 5.69 Å². The fourth-order valence-corrected chi connectivity index (χ4v) is 3.64. The third-order valence-electron chi connectivity index (χ3n) is 4.69. The van der Waals surface area contributed by atoms with Gasteiger partial charge in [-0.3, -0.25) is 14.9 Å². The Morgan fingerprint density at radius 1 is 1.28 bits per heavy atom. The van der Waals surface area contributed by atoms with Crippen molar-refractivity contribution >= 4 is 17.4 Å². The number of carbonyl (C=O) groups is 1. The Balaban J connectivity index is 1.85. The SMILES string of the molecule is CC1(C)CC(=O)C2=C(C1)Nc1ncnn1C2c1ccc([N+](=O)[O-])cc1. The first-order chi connectivity index (χ1) is 11.9. The van der Waals surface area contributed by atoms with Gasteiger partial charge < -0.3 is 5.32 Å². The smallest absolute Gasteiger partial charge is 0.269 e. The quantitative estimate of drug-likeness (QED) is 0.666. The lowest BCUT2D eigenvalue weighted by Gasteiger charge is -2.38. The van der Waals surface area contributed by atoms with Crippen LogP contribution in [0.5, 0.6) is 0 Å². The molecule has 0 saturated carbocycles. The molecule has 128 valence electrons. The molecule has 0 fully saturated rings. The molecule has 2 aliphatic rings. The third-order valence-corrected chi connectivity index (χ3v) is 4.69. The molecule has 1 aliphatic heterocycles. The standard InChI is InChI=1S/C17H17N5O3/c1-17(2)7-12-14(13(23)8-17)15(21-16(20-12)18-9-19-21)10-3-5-11(6-4-10)22(24)25/h3-6,9,15H,7-8H2,1-2H3,(H,18,19,20). The van der Waals surface area contributed by atoms with Crippen molar-refractivity contribution in [2.45, 2.75) is 32.7 Å². The molecule has 25 heavy (non-hydrogen) atoms. The van der Waals surface area contributed by atoms with Crippen LogP contribution < -0.4 is 5.32 Å². The van der Waals surface area contributed by atoms with E-state index in [4.69, 9.17) is 0 Å². The summed E-state index contributed by atoms with van der Waals surface area (Å²) < 4.78 is 1.66. The van der Waals surface area contributed by atoms with Crippen LogP contribution in [0.4, 0.5) is 11.6 Å². The van der Waals surface area contributed by atoms with Gasteiger partial charge in [-0.15, -0.1) is 0 Å². The van der Waals surface area contributed by atoms with E-state index in [9.17, 15) is 14.9 Å². The maximum Gasteiger partial charge on any atom is 0.269 e. The number of hydrogen-bond acceptors (Lipinski definition) is 6. The van der Waals surface area contributed by atoms with Crippen molar-refractivity contribution in [1.82, 2.24) is 14.8 Å². The number of anilines is 1. The number of nitrogens with zero attached hydrogens (tertiary/aromatic N) is 4. The van der Waals surface area contributed by atoms with Gasteiger partial charge in [0, 0.05) is 29.8 Å². The van der Waals surface area contributed by atoms with Crippen molar-refractivity contribution in [3.05, 3.63) is 57.5 Å². The Bertz CT molecular complexity index is 911. The van der Waals surface area contributed by atoms with E-state index < -0.39 is 11.0 Å². The normalized spacial score (nSPS) is 21.4. The summed E-state index contributed by atoms with van der Waals surface area (Å²) >= 11 is 0. The fraction of sp³-hybridized carbons (Fsp3) is 0.353. The lowest BCUT2D eigenvalue weighted by atomic mass is 9.73. The number of allylic oxidation sites excluding steroid dienone is 2. The van der Waals surface area contributed by atoms with Crippen LogP contribution in [0.25, 0.3) is 0 Å². The lowest BCUT2D eigenvalue weighted by Crippen LogP contribution is -2.36. The molecule has 0 radical (unpaired) electrons. The molecule has 1 aromatic carbocycles. The Labute approximate surface area is 143 Å². The maximum atomic E-state index is 12.9. The number of non-ortho nitro benzene ring substituents is 1.